The van der Waals surface area contributed by atoms with Crippen LogP contribution in [0.5, 0.6) is 17.2 Å². The van der Waals surface area contributed by atoms with E-state index in [9.17, 15) is 14.4 Å². The fourth-order valence-corrected chi connectivity index (χ4v) is 4.21. The zero-order chi connectivity index (χ0) is 28.1. The summed E-state index contributed by atoms with van der Waals surface area (Å²) in [6, 6.07) is 28.4. The minimum atomic E-state index is -0.132. The zero-order valence-electron chi connectivity index (χ0n) is 22.2. The highest BCUT2D eigenvalue weighted by molar-refractivity contribution is 6.10. The SMILES string of the molecule is CC(=O)c1ccc(C(=O)c2ccc(OC3=CC=C(C(=O)c4ccc(Oc5ccc(C)cc5)cc4)[CH]C3)cc2)cc1. The van der Waals surface area contributed by atoms with Gasteiger partial charge in [0.05, 0.1) is 0 Å². The molecule has 0 saturated heterocycles. The van der Waals surface area contributed by atoms with Crippen molar-refractivity contribution in [2.45, 2.75) is 20.3 Å². The second kappa shape index (κ2) is 11.8. The molecule has 0 N–H and O–H groups in total. The maximum Gasteiger partial charge on any atom is 0.193 e. The van der Waals surface area contributed by atoms with Gasteiger partial charge in [-0.2, -0.15) is 0 Å². The maximum absolute atomic E-state index is 13.0. The van der Waals surface area contributed by atoms with Crippen LogP contribution in [-0.4, -0.2) is 17.3 Å². The third kappa shape index (κ3) is 6.33. The Hall–Kier alpha value is -5.03. The predicted octanol–water partition coefficient (Wildman–Crippen LogP) is 7.90. The van der Waals surface area contributed by atoms with E-state index in [0.29, 0.717) is 51.5 Å². The highest BCUT2D eigenvalue weighted by atomic mass is 16.5. The minimum Gasteiger partial charge on any atom is -0.462 e. The van der Waals surface area contributed by atoms with Gasteiger partial charge in [0.25, 0.3) is 0 Å². The van der Waals surface area contributed by atoms with Crippen LogP contribution in [0.1, 0.15) is 55.5 Å². The van der Waals surface area contributed by atoms with Crippen LogP contribution < -0.4 is 9.47 Å². The van der Waals surface area contributed by atoms with Gasteiger partial charge in [-0.25, -0.2) is 0 Å². The molecular formula is C35H27O5. The number of carbonyl (C=O) groups excluding carboxylic acids is 3. The number of rotatable bonds is 9. The molecule has 1 aliphatic rings. The molecule has 197 valence electrons. The molecule has 0 atom stereocenters. The van der Waals surface area contributed by atoms with Crippen molar-refractivity contribution in [2.24, 2.45) is 0 Å². The lowest BCUT2D eigenvalue weighted by Crippen LogP contribution is -2.09. The highest BCUT2D eigenvalue weighted by Gasteiger charge is 2.17. The van der Waals surface area contributed by atoms with Gasteiger partial charge < -0.3 is 9.47 Å². The highest BCUT2D eigenvalue weighted by Crippen LogP contribution is 2.27. The Morgan fingerprint density at radius 3 is 1.50 bits per heavy atom. The first-order valence-electron chi connectivity index (χ1n) is 12.9. The minimum absolute atomic E-state index is 0.0422. The summed E-state index contributed by atoms with van der Waals surface area (Å²) >= 11 is 0. The number of allylic oxidation sites excluding steroid dienone is 4. The number of hydrogen-bond acceptors (Lipinski definition) is 5. The largest absolute Gasteiger partial charge is 0.462 e. The molecule has 1 aliphatic carbocycles. The standard InChI is InChI=1S/C35H27O5/c1-23-3-15-30(16-4-23)39-31-17-11-28(12-18-31)35(38)29-13-21-33(22-14-29)40-32-19-9-27(10-20-32)34(37)26-7-5-25(6-8-26)24(2)36/h3-21H,22H2,1-2H3. The van der Waals surface area contributed by atoms with Gasteiger partial charge in [-0.15, -0.1) is 0 Å². The first-order chi connectivity index (χ1) is 19.4. The van der Waals surface area contributed by atoms with E-state index in [1.807, 2.05) is 37.6 Å². The van der Waals surface area contributed by atoms with Crippen molar-refractivity contribution in [2.75, 3.05) is 0 Å². The van der Waals surface area contributed by atoms with E-state index in [1.165, 1.54) is 6.92 Å². The van der Waals surface area contributed by atoms with Crippen LogP contribution in [-0.2, 0) is 0 Å². The summed E-state index contributed by atoms with van der Waals surface area (Å²) in [6.07, 6.45) is 5.85. The number of Topliss-reactive ketones (excluding diaryl/α,β-unsaturated/α-hetero) is 2. The van der Waals surface area contributed by atoms with Gasteiger partial charge in [0.1, 0.15) is 23.0 Å². The average Bonchev–Trinajstić information content (AvgIpc) is 2.99. The molecule has 40 heavy (non-hydrogen) atoms. The normalized spacial score (nSPS) is 12.7. The fraction of sp³-hybridized carbons (Fsp3) is 0.0857. The second-order valence-corrected chi connectivity index (χ2v) is 9.52. The van der Waals surface area contributed by atoms with Crippen LogP contribution in [0.4, 0.5) is 0 Å². The summed E-state index contributed by atoms with van der Waals surface area (Å²) < 4.78 is 11.8. The quantitative estimate of drug-likeness (QED) is 0.207. The molecule has 0 fully saturated rings. The van der Waals surface area contributed by atoms with Crippen molar-refractivity contribution in [1.29, 1.82) is 0 Å². The van der Waals surface area contributed by atoms with E-state index in [0.717, 1.165) is 11.3 Å². The van der Waals surface area contributed by atoms with Gasteiger partial charge in [0.15, 0.2) is 17.3 Å². The number of carbonyl (C=O) groups is 3. The average molecular weight is 528 g/mol. The molecule has 1 radical (unpaired) electrons. The molecule has 0 spiro atoms. The van der Waals surface area contributed by atoms with E-state index in [4.69, 9.17) is 9.47 Å². The molecule has 4 aromatic rings. The summed E-state index contributed by atoms with van der Waals surface area (Å²) in [7, 11) is 0. The summed E-state index contributed by atoms with van der Waals surface area (Å²) in [5.41, 5.74) is 3.93. The zero-order valence-corrected chi connectivity index (χ0v) is 22.2. The lowest BCUT2D eigenvalue weighted by molar-refractivity contribution is 0.101. The number of aryl methyl sites for hydroxylation is 1. The molecule has 0 unspecified atom stereocenters. The topological polar surface area (TPSA) is 69.7 Å². The summed E-state index contributed by atoms with van der Waals surface area (Å²) in [6.45, 7) is 3.51. The van der Waals surface area contributed by atoms with Crippen molar-refractivity contribution >= 4 is 17.3 Å². The Bertz CT molecular complexity index is 1610. The Morgan fingerprint density at radius 2 is 1.00 bits per heavy atom. The second-order valence-electron chi connectivity index (χ2n) is 9.52. The van der Waals surface area contributed by atoms with Gasteiger partial charge in [-0.05, 0) is 80.6 Å². The van der Waals surface area contributed by atoms with Gasteiger partial charge in [-0.3, -0.25) is 14.4 Å². The molecule has 5 nitrogen and oxygen atoms in total. The number of benzene rings is 4. The van der Waals surface area contributed by atoms with Gasteiger partial charge in [0.2, 0.25) is 0 Å². The van der Waals surface area contributed by atoms with Crippen LogP contribution in [0.3, 0.4) is 0 Å². The van der Waals surface area contributed by atoms with Crippen LogP contribution >= 0.6 is 0 Å². The Kier molecular flexibility index (Phi) is 7.83. The molecule has 0 bridgehead atoms. The monoisotopic (exact) mass is 527 g/mol. The summed E-state index contributed by atoms with van der Waals surface area (Å²) in [5, 5.41) is 0. The van der Waals surface area contributed by atoms with Crippen molar-refractivity contribution in [3.8, 4) is 17.2 Å². The van der Waals surface area contributed by atoms with E-state index >= 15 is 0 Å². The lowest BCUT2D eigenvalue weighted by atomic mass is 9.95. The van der Waals surface area contributed by atoms with Crippen LogP contribution in [0, 0.1) is 13.3 Å². The molecule has 0 aliphatic heterocycles. The number of ketones is 3. The van der Waals surface area contributed by atoms with Gasteiger partial charge >= 0.3 is 0 Å². The third-order valence-electron chi connectivity index (χ3n) is 6.53. The lowest BCUT2D eigenvalue weighted by Gasteiger charge is -2.15. The van der Waals surface area contributed by atoms with E-state index in [1.54, 1.807) is 84.9 Å². The molecule has 5 heteroatoms. The molecule has 0 saturated carbocycles. The fourth-order valence-electron chi connectivity index (χ4n) is 4.21. The molecule has 0 amide bonds. The maximum atomic E-state index is 13.0. The number of hydrogen-bond donors (Lipinski definition) is 0. The first-order valence-corrected chi connectivity index (χ1v) is 12.9. The van der Waals surface area contributed by atoms with Crippen molar-refractivity contribution in [1.82, 2.24) is 0 Å². The molecule has 4 aromatic carbocycles. The van der Waals surface area contributed by atoms with E-state index < -0.39 is 0 Å². The third-order valence-corrected chi connectivity index (χ3v) is 6.53. The summed E-state index contributed by atoms with van der Waals surface area (Å²) in [4.78, 5) is 37.2. The van der Waals surface area contributed by atoms with Crippen molar-refractivity contribution in [3.05, 3.63) is 155 Å². The van der Waals surface area contributed by atoms with Gasteiger partial charge in [-0.1, -0.05) is 48.0 Å². The van der Waals surface area contributed by atoms with Crippen LogP contribution in [0.25, 0.3) is 0 Å². The molecule has 0 aromatic heterocycles. The van der Waals surface area contributed by atoms with E-state index in [-0.39, 0.29) is 17.3 Å². The molecule has 0 heterocycles. The smallest absolute Gasteiger partial charge is 0.193 e. The molecular weight excluding hydrogens is 500 g/mol. The molecule has 5 rings (SSSR count). The van der Waals surface area contributed by atoms with Crippen LogP contribution in [0.2, 0.25) is 0 Å². The first kappa shape index (κ1) is 26.6. The Morgan fingerprint density at radius 1 is 0.550 bits per heavy atom. The van der Waals surface area contributed by atoms with E-state index in [2.05, 4.69) is 0 Å². The van der Waals surface area contributed by atoms with Gasteiger partial charge in [0, 0.05) is 40.7 Å². The van der Waals surface area contributed by atoms with Crippen molar-refractivity contribution in [3.63, 3.8) is 0 Å². The van der Waals surface area contributed by atoms with Crippen molar-refractivity contribution < 1.29 is 23.9 Å². The predicted molar refractivity (Wildman–Crippen MR) is 154 cm³/mol. The Labute approximate surface area is 233 Å². The Balaban J connectivity index is 1.18. The summed E-state index contributed by atoms with van der Waals surface area (Å²) in [5.74, 6) is 2.44. The van der Waals surface area contributed by atoms with Crippen LogP contribution in [0.15, 0.2) is 121 Å². The number of ether oxygens (including phenoxy) is 2.